The van der Waals surface area contributed by atoms with Crippen molar-refractivity contribution in [2.24, 2.45) is 5.92 Å². The SMILES string of the molecule is CC[C@H](CC(=O)OC)c1ccc(N(CC2CC2)CC(C)(C)O)c(N)c1. The van der Waals surface area contributed by atoms with E-state index in [1.807, 2.05) is 32.0 Å². The summed E-state index contributed by atoms with van der Waals surface area (Å²) in [6, 6.07) is 6.04. The van der Waals surface area contributed by atoms with E-state index in [4.69, 9.17) is 10.5 Å². The van der Waals surface area contributed by atoms with Gasteiger partial charge in [-0.3, -0.25) is 4.79 Å². The van der Waals surface area contributed by atoms with Crippen molar-refractivity contribution in [3.05, 3.63) is 23.8 Å². The van der Waals surface area contributed by atoms with Crippen molar-refractivity contribution in [2.45, 2.75) is 58.0 Å². The largest absolute Gasteiger partial charge is 0.469 e. The standard InChI is InChI=1S/C20H32N2O3/c1-5-15(11-19(23)25-4)16-8-9-18(17(21)10-16)22(12-14-6-7-14)13-20(2,3)24/h8-10,14-15,24H,5-7,11-13,21H2,1-4H3/t15-/m1/s1. The van der Waals surface area contributed by atoms with Crippen LogP contribution in [0.4, 0.5) is 11.4 Å². The predicted octanol–water partition coefficient (Wildman–Crippen LogP) is 3.31. The molecule has 0 amide bonds. The lowest BCUT2D eigenvalue weighted by atomic mass is 9.92. The monoisotopic (exact) mass is 348 g/mol. The van der Waals surface area contributed by atoms with Crippen LogP contribution in [0.2, 0.25) is 0 Å². The van der Waals surface area contributed by atoms with Crippen molar-refractivity contribution < 1.29 is 14.6 Å². The zero-order valence-corrected chi connectivity index (χ0v) is 15.9. The van der Waals surface area contributed by atoms with Crippen LogP contribution >= 0.6 is 0 Å². The van der Waals surface area contributed by atoms with Crippen molar-refractivity contribution in [3.8, 4) is 0 Å². The van der Waals surface area contributed by atoms with Crippen LogP contribution < -0.4 is 10.6 Å². The Morgan fingerprint density at radius 2 is 2.12 bits per heavy atom. The Kier molecular flexibility index (Phi) is 6.33. The summed E-state index contributed by atoms with van der Waals surface area (Å²) in [5.41, 5.74) is 8.30. The number of anilines is 2. The van der Waals surface area contributed by atoms with E-state index in [2.05, 4.69) is 11.8 Å². The maximum Gasteiger partial charge on any atom is 0.306 e. The van der Waals surface area contributed by atoms with Gasteiger partial charge in [0.25, 0.3) is 0 Å². The number of benzene rings is 1. The first kappa shape index (κ1) is 19.6. The molecule has 1 aromatic carbocycles. The molecule has 0 heterocycles. The van der Waals surface area contributed by atoms with Crippen molar-refractivity contribution >= 4 is 17.3 Å². The topological polar surface area (TPSA) is 75.8 Å². The fourth-order valence-corrected chi connectivity index (χ4v) is 3.22. The minimum Gasteiger partial charge on any atom is -0.469 e. The number of carbonyl (C=O) groups is 1. The summed E-state index contributed by atoms with van der Waals surface area (Å²) in [5.74, 6) is 0.603. The van der Waals surface area contributed by atoms with Gasteiger partial charge < -0.3 is 20.5 Å². The van der Waals surface area contributed by atoms with Crippen molar-refractivity contribution in [2.75, 3.05) is 30.8 Å². The minimum atomic E-state index is -0.781. The summed E-state index contributed by atoms with van der Waals surface area (Å²) in [6.45, 7) is 7.17. The number of nitrogens with two attached hydrogens (primary N) is 1. The Balaban J connectivity index is 2.21. The van der Waals surface area contributed by atoms with Gasteiger partial charge in [0.15, 0.2) is 0 Å². The number of methoxy groups -OCH3 is 1. The fourth-order valence-electron chi connectivity index (χ4n) is 3.22. The van der Waals surface area contributed by atoms with E-state index >= 15 is 0 Å². The summed E-state index contributed by atoms with van der Waals surface area (Å²) >= 11 is 0. The van der Waals surface area contributed by atoms with Gasteiger partial charge >= 0.3 is 5.97 Å². The van der Waals surface area contributed by atoms with Crippen LogP contribution in [0.3, 0.4) is 0 Å². The van der Waals surface area contributed by atoms with Crippen molar-refractivity contribution in [3.63, 3.8) is 0 Å². The molecule has 0 aliphatic heterocycles. The number of rotatable bonds is 9. The van der Waals surface area contributed by atoms with E-state index in [9.17, 15) is 9.90 Å². The van der Waals surface area contributed by atoms with E-state index in [1.165, 1.54) is 20.0 Å². The highest BCUT2D eigenvalue weighted by Gasteiger charge is 2.28. The van der Waals surface area contributed by atoms with E-state index in [0.29, 0.717) is 24.6 Å². The smallest absolute Gasteiger partial charge is 0.306 e. The molecule has 140 valence electrons. The van der Waals surface area contributed by atoms with Crippen molar-refractivity contribution in [1.82, 2.24) is 0 Å². The number of nitrogens with zero attached hydrogens (tertiary/aromatic N) is 1. The van der Waals surface area contributed by atoms with Crippen molar-refractivity contribution in [1.29, 1.82) is 0 Å². The molecule has 0 saturated heterocycles. The van der Waals surface area contributed by atoms with Gasteiger partial charge in [0.05, 0.1) is 30.5 Å². The third-order valence-corrected chi connectivity index (χ3v) is 4.75. The second-order valence-electron chi connectivity index (χ2n) is 7.84. The molecule has 25 heavy (non-hydrogen) atoms. The maximum absolute atomic E-state index is 11.6. The zero-order chi connectivity index (χ0) is 18.6. The lowest BCUT2D eigenvalue weighted by Gasteiger charge is -2.32. The number of nitrogen functional groups attached to an aromatic ring is 1. The number of ether oxygens (including phenoxy) is 1. The molecule has 0 spiro atoms. The fraction of sp³-hybridized carbons (Fsp3) is 0.650. The number of esters is 1. The summed E-state index contributed by atoms with van der Waals surface area (Å²) < 4.78 is 4.80. The molecule has 1 fully saturated rings. The van der Waals surface area contributed by atoms with Gasteiger partial charge in [-0.15, -0.1) is 0 Å². The van der Waals surface area contributed by atoms with E-state index in [1.54, 1.807) is 0 Å². The highest BCUT2D eigenvalue weighted by atomic mass is 16.5. The lowest BCUT2D eigenvalue weighted by molar-refractivity contribution is -0.141. The van der Waals surface area contributed by atoms with Gasteiger partial charge in [0.2, 0.25) is 0 Å². The van der Waals surface area contributed by atoms with Gasteiger partial charge in [-0.25, -0.2) is 0 Å². The molecule has 5 heteroatoms. The Hall–Kier alpha value is -1.75. The third-order valence-electron chi connectivity index (χ3n) is 4.75. The molecule has 1 aliphatic carbocycles. The summed E-state index contributed by atoms with van der Waals surface area (Å²) in [6.07, 6.45) is 3.71. The first-order valence-corrected chi connectivity index (χ1v) is 9.17. The molecule has 3 N–H and O–H groups in total. The molecular formula is C20H32N2O3. The number of carbonyl (C=O) groups excluding carboxylic acids is 1. The van der Waals surface area contributed by atoms with Gasteiger partial charge in [0, 0.05) is 13.1 Å². The molecule has 0 unspecified atom stereocenters. The van der Waals surface area contributed by atoms with Crippen LogP contribution in [-0.4, -0.2) is 36.9 Å². The second kappa shape index (κ2) is 8.09. The Labute approximate surface area is 151 Å². The number of aliphatic hydroxyl groups is 1. The third kappa shape index (κ3) is 5.92. The lowest BCUT2D eigenvalue weighted by Crippen LogP contribution is -2.40. The van der Waals surface area contributed by atoms with E-state index in [0.717, 1.165) is 24.2 Å². The van der Waals surface area contributed by atoms with Gasteiger partial charge in [-0.05, 0) is 62.6 Å². The summed E-state index contributed by atoms with van der Waals surface area (Å²) in [7, 11) is 1.42. The zero-order valence-electron chi connectivity index (χ0n) is 15.9. The molecule has 1 saturated carbocycles. The van der Waals surface area contributed by atoms with Crippen LogP contribution in [-0.2, 0) is 9.53 Å². The van der Waals surface area contributed by atoms with E-state index in [-0.39, 0.29) is 11.9 Å². The molecule has 2 rings (SSSR count). The maximum atomic E-state index is 11.6. The first-order valence-electron chi connectivity index (χ1n) is 9.17. The average molecular weight is 348 g/mol. The van der Waals surface area contributed by atoms with Crippen LogP contribution in [0, 0.1) is 5.92 Å². The molecule has 5 nitrogen and oxygen atoms in total. The molecule has 0 bridgehead atoms. The Morgan fingerprint density at radius 1 is 1.44 bits per heavy atom. The first-order chi connectivity index (χ1) is 11.7. The van der Waals surface area contributed by atoms with Gasteiger partial charge in [-0.1, -0.05) is 13.0 Å². The molecule has 1 aliphatic rings. The quantitative estimate of drug-likeness (QED) is 0.529. The highest BCUT2D eigenvalue weighted by molar-refractivity contribution is 5.72. The second-order valence-corrected chi connectivity index (χ2v) is 7.84. The highest BCUT2D eigenvalue weighted by Crippen LogP contribution is 2.35. The molecule has 1 aromatic rings. The number of hydrogen-bond donors (Lipinski definition) is 2. The summed E-state index contributed by atoms with van der Waals surface area (Å²) in [5, 5.41) is 10.2. The molecular weight excluding hydrogens is 316 g/mol. The van der Waals surface area contributed by atoms with Gasteiger partial charge in [-0.2, -0.15) is 0 Å². The average Bonchev–Trinajstić information content (AvgIpc) is 3.34. The molecule has 1 atom stereocenters. The van der Waals surface area contributed by atoms with Crippen LogP contribution in [0.5, 0.6) is 0 Å². The minimum absolute atomic E-state index is 0.106. The molecule has 0 aromatic heterocycles. The number of hydrogen-bond acceptors (Lipinski definition) is 5. The Bertz CT molecular complexity index is 591. The van der Waals surface area contributed by atoms with Crippen LogP contribution in [0.15, 0.2) is 18.2 Å². The normalized spacial score (nSPS) is 15.7. The molecule has 0 radical (unpaired) electrons. The Morgan fingerprint density at radius 3 is 2.60 bits per heavy atom. The van der Waals surface area contributed by atoms with Gasteiger partial charge in [0.1, 0.15) is 0 Å². The van der Waals surface area contributed by atoms with Crippen LogP contribution in [0.1, 0.15) is 57.9 Å². The van der Waals surface area contributed by atoms with E-state index < -0.39 is 5.60 Å². The summed E-state index contributed by atoms with van der Waals surface area (Å²) in [4.78, 5) is 13.8. The predicted molar refractivity (Wildman–Crippen MR) is 102 cm³/mol. The van der Waals surface area contributed by atoms with Crippen LogP contribution in [0.25, 0.3) is 0 Å².